The highest BCUT2D eigenvalue weighted by Crippen LogP contribution is 2.31. The number of urea groups is 1. The summed E-state index contributed by atoms with van der Waals surface area (Å²) >= 11 is 0. The number of amides is 3. The first kappa shape index (κ1) is 25.2. The number of hydrogen-bond acceptors (Lipinski definition) is 5. The van der Waals surface area contributed by atoms with Gasteiger partial charge in [0.1, 0.15) is 12.4 Å². The number of carbonyl (C=O) groups excluding carboxylic acids is 2. The molecule has 2 aromatic heterocycles. The van der Waals surface area contributed by atoms with Crippen LogP contribution in [-0.2, 0) is 17.1 Å². The minimum atomic E-state index is -4.64. The fourth-order valence-electron chi connectivity index (χ4n) is 3.39. The first-order valence-electron chi connectivity index (χ1n) is 10.1. The van der Waals surface area contributed by atoms with E-state index in [2.05, 4.69) is 20.3 Å². The fraction of sp³-hybridized carbons (Fsp3) is 0.450. The minimum Gasteiger partial charge on any atom is -0.310 e. The van der Waals surface area contributed by atoms with Gasteiger partial charge in [-0.25, -0.2) is 19.7 Å². The third-order valence-electron chi connectivity index (χ3n) is 5.42. The molecule has 0 radical (unpaired) electrons. The van der Waals surface area contributed by atoms with E-state index < -0.39 is 48.0 Å². The average molecular weight is 490 g/mol. The maximum atomic E-state index is 13.0. The van der Waals surface area contributed by atoms with Crippen molar-refractivity contribution < 1.29 is 35.9 Å². The summed E-state index contributed by atoms with van der Waals surface area (Å²) in [7, 11) is 0. The highest BCUT2D eigenvalue weighted by Gasteiger charge is 2.42. The van der Waals surface area contributed by atoms with Crippen LogP contribution in [0.15, 0.2) is 30.7 Å². The van der Waals surface area contributed by atoms with E-state index in [1.807, 2.05) is 13.8 Å². The van der Waals surface area contributed by atoms with Crippen molar-refractivity contribution in [1.29, 1.82) is 0 Å². The topological polar surface area (TPSA) is 91.3 Å². The van der Waals surface area contributed by atoms with Crippen LogP contribution >= 0.6 is 0 Å². The van der Waals surface area contributed by atoms with E-state index in [9.17, 15) is 35.9 Å². The molecule has 8 nitrogen and oxygen atoms in total. The molecule has 0 aliphatic carbocycles. The second-order valence-corrected chi connectivity index (χ2v) is 7.72. The summed E-state index contributed by atoms with van der Waals surface area (Å²) < 4.78 is 77.0. The molecule has 2 atom stereocenters. The van der Waals surface area contributed by atoms with E-state index in [-0.39, 0.29) is 24.2 Å². The highest BCUT2D eigenvalue weighted by molar-refractivity contribution is 5.98. The highest BCUT2D eigenvalue weighted by atomic mass is 19.4. The van der Waals surface area contributed by atoms with Gasteiger partial charge in [0.05, 0.1) is 23.7 Å². The zero-order valence-corrected chi connectivity index (χ0v) is 18.0. The molecule has 1 saturated heterocycles. The standard InChI is InChI=1S/C20H20F6N6O2/c1-3-11(2)14-9-32(17-28-7-13(8-29-17)20(24,25)26)18(34)31(14)10-16(33)30-15-6-12(4-5-27-15)19(21,22)23/h4-8,11,14H,3,9-10H2,1-2H3,(H,27,30,33)/t11-,14+/m0/s1. The van der Waals surface area contributed by atoms with Crippen LogP contribution in [-0.4, -0.2) is 50.9 Å². The molecule has 0 aromatic carbocycles. The van der Waals surface area contributed by atoms with Gasteiger partial charge in [0, 0.05) is 18.6 Å². The fourth-order valence-corrected chi connectivity index (χ4v) is 3.39. The summed E-state index contributed by atoms with van der Waals surface area (Å²) in [5.74, 6) is -1.49. The van der Waals surface area contributed by atoms with Crippen LogP contribution in [0.3, 0.4) is 0 Å². The monoisotopic (exact) mass is 490 g/mol. The van der Waals surface area contributed by atoms with Crippen molar-refractivity contribution in [2.45, 2.75) is 38.7 Å². The van der Waals surface area contributed by atoms with Gasteiger partial charge in [-0.15, -0.1) is 0 Å². The summed E-state index contributed by atoms with van der Waals surface area (Å²) in [4.78, 5) is 38.8. The number of alkyl halides is 6. The SMILES string of the molecule is CC[C@H](C)[C@H]1CN(c2ncc(C(F)(F)F)cn2)C(=O)N1CC(=O)Nc1cc(C(F)(F)F)ccn1. The summed E-state index contributed by atoms with van der Waals surface area (Å²) in [5.41, 5.74) is -2.08. The Bertz CT molecular complexity index is 1040. The lowest BCUT2D eigenvalue weighted by Gasteiger charge is -2.26. The van der Waals surface area contributed by atoms with Gasteiger partial charge in [0.2, 0.25) is 11.9 Å². The Morgan fingerprint density at radius 1 is 1.12 bits per heavy atom. The van der Waals surface area contributed by atoms with Crippen LogP contribution in [0.4, 0.5) is 42.9 Å². The molecule has 3 amide bonds. The Hall–Kier alpha value is -3.45. The van der Waals surface area contributed by atoms with Crippen molar-refractivity contribution >= 4 is 23.7 Å². The first-order chi connectivity index (χ1) is 15.8. The van der Waals surface area contributed by atoms with Gasteiger partial charge in [0.25, 0.3) is 0 Å². The number of anilines is 2. The van der Waals surface area contributed by atoms with Crippen molar-refractivity contribution in [3.63, 3.8) is 0 Å². The predicted molar refractivity (Wildman–Crippen MR) is 108 cm³/mol. The van der Waals surface area contributed by atoms with Crippen LogP contribution in [0.1, 0.15) is 31.4 Å². The smallest absolute Gasteiger partial charge is 0.310 e. The van der Waals surface area contributed by atoms with Crippen LogP contribution in [0.5, 0.6) is 0 Å². The van der Waals surface area contributed by atoms with Gasteiger partial charge >= 0.3 is 18.4 Å². The van der Waals surface area contributed by atoms with Gasteiger partial charge < -0.3 is 10.2 Å². The van der Waals surface area contributed by atoms with Crippen molar-refractivity contribution in [3.8, 4) is 0 Å². The van der Waals surface area contributed by atoms with Gasteiger partial charge in [-0.1, -0.05) is 20.3 Å². The third kappa shape index (κ3) is 5.54. The predicted octanol–water partition coefficient (Wildman–Crippen LogP) is 4.20. The Morgan fingerprint density at radius 2 is 1.74 bits per heavy atom. The zero-order chi connectivity index (χ0) is 25.3. The first-order valence-corrected chi connectivity index (χ1v) is 10.1. The molecule has 184 valence electrons. The van der Waals surface area contributed by atoms with Crippen LogP contribution in [0.25, 0.3) is 0 Å². The number of pyridine rings is 1. The third-order valence-corrected chi connectivity index (χ3v) is 5.42. The molecule has 0 bridgehead atoms. The maximum absolute atomic E-state index is 13.0. The van der Waals surface area contributed by atoms with E-state index in [0.29, 0.717) is 24.9 Å². The number of hydrogen-bond donors (Lipinski definition) is 1. The molecular weight excluding hydrogens is 470 g/mol. The van der Waals surface area contributed by atoms with Crippen molar-refractivity contribution in [3.05, 3.63) is 41.9 Å². The largest absolute Gasteiger partial charge is 0.419 e. The lowest BCUT2D eigenvalue weighted by molar-refractivity contribution is -0.138. The van der Waals surface area contributed by atoms with Crippen molar-refractivity contribution in [1.82, 2.24) is 19.9 Å². The number of nitrogens with one attached hydrogen (secondary N) is 1. The van der Waals surface area contributed by atoms with Gasteiger partial charge in [-0.05, 0) is 18.1 Å². The average Bonchev–Trinajstić information content (AvgIpc) is 3.08. The second kappa shape index (κ2) is 9.43. The van der Waals surface area contributed by atoms with Gasteiger partial charge in [-0.3, -0.25) is 9.69 Å². The van der Waals surface area contributed by atoms with Crippen molar-refractivity contribution in [2.75, 3.05) is 23.3 Å². The molecule has 34 heavy (non-hydrogen) atoms. The molecule has 1 N–H and O–H groups in total. The van der Waals surface area contributed by atoms with E-state index >= 15 is 0 Å². The number of rotatable bonds is 6. The second-order valence-electron chi connectivity index (χ2n) is 7.72. The molecule has 0 unspecified atom stereocenters. The minimum absolute atomic E-state index is 0.0221. The zero-order valence-electron chi connectivity index (χ0n) is 18.0. The molecule has 1 aliphatic heterocycles. The van der Waals surface area contributed by atoms with Gasteiger partial charge in [-0.2, -0.15) is 26.3 Å². The molecule has 2 aromatic rings. The molecule has 14 heteroatoms. The summed E-state index contributed by atoms with van der Waals surface area (Å²) in [5, 5.41) is 2.24. The Morgan fingerprint density at radius 3 is 2.29 bits per heavy atom. The van der Waals surface area contributed by atoms with Crippen LogP contribution < -0.4 is 10.2 Å². The van der Waals surface area contributed by atoms with Crippen molar-refractivity contribution in [2.24, 2.45) is 5.92 Å². The molecular formula is C20H20F6N6O2. The summed E-state index contributed by atoms with van der Waals surface area (Å²) in [6, 6.07) is 0.194. The molecule has 0 spiro atoms. The van der Waals surface area contributed by atoms with E-state index in [4.69, 9.17) is 0 Å². The normalized spacial score (nSPS) is 17.8. The molecule has 3 heterocycles. The Labute approximate surface area is 190 Å². The van der Waals surface area contributed by atoms with E-state index in [1.165, 1.54) is 4.90 Å². The Kier molecular flexibility index (Phi) is 6.98. The molecule has 0 saturated carbocycles. The Balaban J connectivity index is 1.78. The molecule has 3 rings (SSSR count). The van der Waals surface area contributed by atoms with E-state index in [1.54, 1.807) is 0 Å². The quantitative estimate of drug-likeness (QED) is 0.613. The lowest BCUT2D eigenvalue weighted by atomic mass is 9.99. The number of halogens is 6. The van der Waals surface area contributed by atoms with E-state index in [0.717, 1.165) is 17.2 Å². The maximum Gasteiger partial charge on any atom is 0.419 e. The summed E-state index contributed by atoms with van der Waals surface area (Å²) in [6.07, 6.45) is -6.64. The number of aromatic nitrogens is 3. The molecule has 1 aliphatic rings. The molecule has 1 fully saturated rings. The number of nitrogens with zero attached hydrogens (tertiary/aromatic N) is 5. The summed E-state index contributed by atoms with van der Waals surface area (Å²) in [6.45, 7) is 3.20. The number of carbonyl (C=O) groups is 2. The van der Waals surface area contributed by atoms with Gasteiger partial charge in [0.15, 0.2) is 0 Å². The lowest BCUT2D eigenvalue weighted by Crippen LogP contribution is -2.43. The van der Waals surface area contributed by atoms with Crippen LogP contribution in [0, 0.1) is 5.92 Å². The van der Waals surface area contributed by atoms with Crippen LogP contribution in [0.2, 0.25) is 0 Å².